The minimum atomic E-state index is -0.763. The smallest absolute Gasteiger partial charge is 0.352 e. The van der Waals surface area contributed by atoms with Crippen LogP contribution < -0.4 is 16.0 Å². The van der Waals surface area contributed by atoms with E-state index in [-0.39, 0.29) is 16.5 Å². The Bertz CT molecular complexity index is 770. The monoisotopic (exact) mass is 299 g/mol. The molecule has 0 aliphatic rings. The third-order valence-electron chi connectivity index (χ3n) is 2.61. The topological polar surface area (TPSA) is 66.1 Å². The SMILES string of the molecule is CCOc1cc(-n2ncc(=O)n(C)c2=O)c(F)cc1Cl. The lowest BCUT2D eigenvalue weighted by molar-refractivity contribution is 0.339. The third kappa shape index (κ3) is 2.44. The molecule has 0 aliphatic carbocycles. The second-order valence-electron chi connectivity index (χ2n) is 3.90. The number of hydrogen-bond donors (Lipinski definition) is 0. The number of halogens is 2. The summed E-state index contributed by atoms with van der Waals surface area (Å²) in [4.78, 5) is 23.2. The molecule has 0 unspecified atom stereocenters. The molecule has 2 aromatic rings. The van der Waals surface area contributed by atoms with E-state index in [1.54, 1.807) is 6.92 Å². The molecule has 0 N–H and O–H groups in total. The summed E-state index contributed by atoms with van der Waals surface area (Å²) in [7, 11) is 1.28. The molecule has 0 radical (unpaired) electrons. The van der Waals surface area contributed by atoms with Crippen molar-refractivity contribution in [3.8, 4) is 11.4 Å². The van der Waals surface area contributed by atoms with Crippen LogP contribution in [0.25, 0.3) is 5.69 Å². The highest BCUT2D eigenvalue weighted by Gasteiger charge is 2.14. The Labute approximate surface area is 118 Å². The van der Waals surface area contributed by atoms with Gasteiger partial charge in [0.1, 0.15) is 17.6 Å². The molecule has 0 bridgehead atoms. The molecular weight excluding hydrogens is 289 g/mol. The summed E-state index contributed by atoms with van der Waals surface area (Å²) in [5.74, 6) is -0.514. The van der Waals surface area contributed by atoms with Crippen molar-refractivity contribution < 1.29 is 9.13 Å². The zero-order chi connectivity index (χ0) is 14.9. The average molecular weight is 300 g/mol. The number of nitrogens with zero attached hydrogens (tertiary/aromatic N) is 3. The van der Waals surface area contributed by atoms with Crippen molar-refractivity contribution in [2.75, 3.05) is 6.61 Å². The largest absolute Gasteiger partial charge is 0.492 e. The fourth-order valence-electron chi connectivity index (χ4n) is 1.59. The Morgan fingerprint density at radius 2 is 2.10 bits per heavy atom. The van der Waals surface area contributed by atoms with E-state index in [9.17, 15) is 14.0 Å². The standard InChI is InChI=1S/C12H11ClFN3O3/c1-3-20-10-5-9(8(14)4-7(10)13)17-12(19)16(2)11(18)6-15-17/h4-6H,3H2,1-2H3. The number of aromatic nitrogens is 3. The van der Waals surface area contributed by atoms with Gasteiger partial charge in [-0.2, -0.15) is 9.78 Å². The molecule has 0 spiro atoms. The first kappa shape index (κ1) is 14.3. The molecule has 1 aromatic carbocycles. The lowest BCUT2D eigenvalue weighted by atomic mass is 10.3. The van der Waals surface area contributed by atoms with Gasteiger partial charge in [0.15, 0.2) is 5.82 Å². The van der Waals surface area contributed by atoms with E-state index in [0.29, 0.717) is 6.61 Å². The summed E-state index contributed by atoms with van der Waals surface area (Å²) in [6.45, 7) is 2.08. The minimum absolute atomic E-state index is 0.0889. The van der Waals surface area contributed by atoms with E-state index < -0.39 is 17.1 Å². The highest BCUT2D eigenvalue weighted by molar-refractivity contribution is 6.32. The summed E-state index contributed by atoms with van der Waals surface area (Å²) in [5, 5.41) is 3.72. The van der Waals surface area contributed by atoms with Crippen molar-refractivity contribution in [2.45, 2.75) is 6.92 Å². The maximum absolute atomic E-state index is 13.9. The van der Waals surface area contributed by atoms with Gasteiger partial charge in [0, 0.05) is 13.1 Å². The van der Waals surface area contributed by atoms with Crippen LogP contribution in [0.3, 0.4) is 0 Å². The molecule has 0 saturated heterocycles. The van der Waals surface area contributed by atoms with Crippen LogP contribution in [-0.2, 0) is 7.05 Å². The Morgan fingerprint density at radius 3 is 2.75 bits per heavy atom. The maximum atomic E-state index is 13.9. The molecule has 0 atom stereocenters. The summed E-state index contributed by atoms with van der Waals surface area (Å²) < 4.78 is 20.8. The number of hydrogen-bond acceptors (Lipinski definition) is 4. The van der Waals surface area contributed by atoms with Crippen LogP contribution >= 0.6 is 11.6 Å². The van der Waals surface area contributed by atoms with Gasteiger partial charge in [0.05, 0.1) is 11.6 Å². The van der Waals surface area contributed by atoms with Crippen molar-refractivity contribution in [3.63, 3.8) is 0 Å². The van der Waals surface area contributed by atoms with E-state index in [1.165, 1.54) is 13.1 Å². The predicted molar refractivity (Wildman–Crippen MR) is 71.2 cm³/mol. The van der Waals surface area contributed by atoms with Crippen LogP contribution in [0.15, 0.2) is 27.9 Å². The van der Waals surface area contributed by atoms with Crippen LogP contribution in [0.2, 0.25) is 5.02 Å². The van der Waals surface area contributed by atoms with Crippen LogP contribution in [0, 0.1) is 5.82 Å². The van der Waals surface area contributed by atoms with E-state index in [4.69, 9.17) is 16.3 Å². The van der Waals surface area contributed by atoms with Crippen LogP contribution in [0.1, 0.15) is 6.92 Å². The van der Waals surface area contributed by atoms with Crippen molar-refractivity contribution in [1.29, 1.82) is 0 Å². The Balaban J connectivity index is 2.70. The van der Waals surface area contributed by atoms with Gasteiger partial charge in [-0.25, -0.2) is 9.18 Å². The molecule has 0 fully saturated rings. The third-order valence-corrected chi connectivity index (χ3v) is 2.91. The maximum Gasteiger partial charge on any atom is 0.352 e. The summed E-state index contributed by atoms with van der Waals surface area (Å²) >= 11 is 5.84. The highest BCUT2D eigenvalue weighted by atomic mass is 35.5. The second kappa shape index (κ2) is 5.46. The van der Waals surface area contributed by atoms with Crippen molar-refractivity contribution in [3.05, 3.63) is 50.0 Å². The molecule has 2 rings (SSSR count). The average Bonchev–Trinajstić information content (AvgIpc) is 2.40. The Hall–Kier alpha value is -2.15. The number of ether oxygens (including phenoxy) is 1. The molecule has 0 amide bonds. The van der Waals surface area contributed by atoms with Crippen LogP contribution in [0.5, 0.6) is 5.75 Å². The van der Waals surface area contributed by atoms with E-state index >= 15 is 0 Å². The van der Waals surface area contributed by atoms with Crippen LogP contribution in [0.4, 0.5) is 4.39 Å². The second-order valence-corrected chi connectivity index (χ2v) is 4.31. The van der Waals surface area contributed by atoms with E-state index in [2.05, 4.69) is 5.10 Å². The van der Waals surface area contributed by atoms with Crippen molar-refractivity contribution in [1.82, 2.24) is 14.3 Å². The number of benzene rings is 1. The van der Waals surface area contributed by atoms with Crippen LogP contribution in [-0.4, -0.2) is 21.0 Å². The van der Waals surface area contributed by atoms with Crippen molar-refractivity contribution in [2.24, 2.45) is 7.05 Å². The van der Waals surface area contributed by atoms with Gasteiger partial charge in [0.25, 0.3) is 5.56 Å². The zero-order valence-corrected chi connectivity index (χ0v) is 11.5. The molecule has 0 saturated carbocycles. The van der Waals surface area contributed by atoms with Gasteiger partial charge >= 0.3 is 5.69 Å². The lowest BCUT2D eigenvalue weighted by Gasteiger charge is -2.11. The van der Waals surface area contributed by atoms with Crippen molar-refractivity contribution >= 4 is 11.6 Å². The summed E-state index contributed by atoms with van der Waals surface area (Å²) in [6.07, 6.45) is 0.926. The normalized spacial score (nSPS) is 10.6. The van der Waals surface area contributed by atoms with Gasteiger partial charge < -0.3 is 4.74 Å². The minimum Gasteiger partial charge on any atom is -0.492 e. The first-order valence-corrected chi connectivity index (χ1v) is 6.11. The Morgan fingerprint density at radius 1 is 1.40 bits per heavy atom. The number of rotatable bonds is 3. The van der Waals surface area contributed by atoms with Gasteiger partial charge in [-0.1, -0.05) is 11.6 Å². The summed E-state index contributed by atoms with van der Waals surface area (Å²) in [6, 6.07) is 2.29. The van der Waals surface area contributed by atoms with Gasteiger partial charge in [0.2, 0.25) is 0 Å². The predicted octanol–water partition coefficient (Wildman–Crippen LogP) is 1.12. The quantitative estimate of drug-likeness (QED) is 0.852. The zero-order valence-electron chi connectivity index (χ0n) is 10.8. The summed E-state index contributed by atoms with van der Waals surface area (Å²) in [5.41, 5.74) is -1.48. The molecule has 1 heterocycles. The molecule has 0 aliphatic heterocycles. The molecule has 106 valence electrons. The highest BCUT2D eigenvalue weighted by Crippen LogP contribution is 2.28. The Kier molecular flexibility index (Phi) is 3.89. The fourth-order valence-corrected chi connectivity index (χ4v) is 1.80. The van der Waals surface area contributed by atoms with Gasteiger partial charge in [-0.05, 0) is 13.0 Å². The molecule has 1 aromatic heterocycles. The first-order valence-electron chi connectivity index (χ1n) is 5.73. The first-order chi connectivity index (χ1) is 9.45. The fraction of sp³-hybridized carbons (Fsp3) is 0.250. The molecule has 6 nitrogen and oxygen atoms in total. The van der Waals surface area contributed by atoms with E-state index in [1.807, 2.05) is 0 Å². The van der Waals surface area contributed by atoms with Gasteiger partial charge in [-0.15, -0.1) is 0 Å². The molecule has 8 heteroatoms. The molecule has 20 heavy (non-hydrogen) atoms. The lowest BCUT2D eigenvalue weighted by Crippen LogP contribution is -2.38. The van der Waals surface area contributed by atoms with E-state index in [0.717, 1.165) is 21.5 Å². The molecular formula is C12H11ClFN3O3. The van der Waals surface area contributed by atoms with Gasteiger partial charge in [-0.3, -0.25) is 9.36 Å².